The number of aromatic nitrogens is 2. The maximum Gasteiger partial charge on any atom is 0.234 e. The molecule has 0 aliphatic carbocycles. The van der Waals surface area contributed by atoms with Crippen molar-refractivity contribution in [3.8, 4) is 5.69 Å². The first-order valence-corrected chi connectivity index (χ1v) is 9.12. The predicted molar refractivity (Wildman–Crippen MR) is 104 cm³/mol. The zero-order valence-electron chi connectivity index (χ0n) is 14.6. The molecule has 1 heterocycles. The molecule has 0 aliphatic rings. The number of benzene rings is 2. The van der Waals surface area contributed by atoms with Crippen LogP contribution in [0.2, 0.25) is 0 Å². The van der Waals surface area contributed by atoms with Crippen molar-refractivity contribution >= 4 is 23.4 Å². The molecule has 3 aromatic rings. The van der Waals surface area contributed by atoms with Gasteiger partial charge in [0.1, 0.15) is 0 Å². The molecule has 1 N–H and O–H groups in total. The first-order valence-electron chi connectivity index (χ1n) is 8.13. The van der Waals surface area contributed by atoms with Crippen LogP contribution in [0, 0.1) is 20.8 Å². The van der Waals surface area contributed by atoms with Crippen molar-refractivity contribution in [2.45, 2.75) is 25.9 Å². The lowest BCUT2D eigenvalue weighted by atomic mass is 10.1. The number of aryl methyl sites for hydroxylation is 3. The number of amides is 1. The van der Waals surface area contributed by atoms with E-state index in [2.05, 4.69) is 42.3 Å². The molecule has 1 amide bonds. The Labute approximate surface area is 152 Å². The summed E-state index contributed by atoms with van der Waals surface area (Å²) in [4.78, 5) is 16.6. The van der Waals surface area contributed by atoms with E-state index in [1.165, 1.54) is 22.9 Å². The highest BCUT2D eigenvalue weighted by molar-refractivity contribution is 7.99. The monoisotopic (exact) mass is 351 g/mol. The molecule has 5 heteroatoms. The lowest BCUT2D eigenvalue weighted by molar-refractivity contribution is -0.113. The molecule has 0 bridgehead atoms. The smallest absolute Gasteiger partial charge is 0.234 e. The molecule has 4 nitrogen and oxygen atoms in total. The van der Waals surface area contributed by atoms with Crippen LogP contribution in [0.5, 0.6) is 0 Å². The summed E-state index contributed by atoms with van der Waals surface area (Å²) in [7, 11) is 0. The Bertz CT molecular complexity index is 901. The predicted octanol–water partition coefficient (Wildman–Crippen LogP) is 4.53. The number of hydrogen-bond acceptors (Lipinski definition) is 3. The summed E-state index contributed by atoms with van der Waals surface area (Å²) in [5.74, 6) is 0.279. The minimum Gasteiger partial charge on any atom is -0.325 e. The van der Waals surface area contributed by atoms with E-state index in [1.54, 1.807) is 6.20 Å². The highest BCUT2D eigenvalue weighted by atomic mass is 32.2. The third-order valence-corrected chi connectivity index (χ3v) is 4.82. The Hall–Kier alpha value is -2.53. The average Bonchev–Trinajstić information content (AvgIpc) is 3.01. The molecule has 0 atom stereocenters. The van der Waals surface area contributed by atoms with Gasteiger partial charge in [-0.15, -0.1) is 0 Å². The minimum atomic E-state index is -0.0363. The summed E-state index contributed by atoms with van der Waals surface area (Å²) in [6.07, 6.45) is 3.69. The zero-order valence-corrected chi connectivity index (χ0v) is 15.4. The Kier molecular flexibility index (Phi) is 5.24. The zero-order chi connectivity index (χ0) is 17.8. The van der Waals surface area contributed by atoms with Crippen molar-refractivity contribution in [3.63, 3.8) is 0 Å². The Morgan fingerprint density at radius 2 is 1.92 bits per heavy atom. The quantitative estimate of drug-likeness (QED) is 0.687. The van der Waals surface area contributed by atoms with Gasteiger partial charge in [-0.25, -0.2) is 4.98 Å². The summed E-state index contributed by atoms with van der Waals surface area (Å²) in [6, 6.07) is 14.1. The molecule has 128 valence electrons. The summed E-state index contributed by atoms with van der Waals surface area (Å²) in [5, 5.41) is 3.74. The molecule has 0 spiro atoms. The first kappa shape index (κ1) is 17.3. The molecule has 25 heavy (non-hydrogen) atoms. The largest absolute Gasteiger partial charge is 0.325 e. The first-order chi connectivity index (χ1) is 12.0. The van der Waals surface area contributed by atoms with E-state index in [-0.39, 0.29) is 5.91 Å². The fourth-order valence-corrected chi connectivity index (χ4v) is 3.47. The number of anilines is 1. The van der Waals surface area contributed by atoms with E-state index in [0.29, 0.717) is 5.75 Å². The molecule has 3 rings (SSSR count). The van der Waals surface area contributed by atoms with Crippen molar-refractivity contribution < 1.29 is 4.79 Å². The lowest BCUT2D eigenvalue weighted by Crippen LogP contribution is -2.14. The van der Waals surface area contributed by atoms with Gasteiger partial charge in [0, 0.05) is 18.1 Å². The van der Waals surface area contributed by atoms with Crippen LogP contribution < -0.4 is 5.32 Å². The molecule has 0 radical (unpaired) electrons. The van der Waals surface area contributed by atoms with Crippen LogP contribution in [0.15, 0.2) is 60.0 Å². The van der Waals surface area contributed by atoms with Gasteiger partial charge in [0.05, 0.1) is 11.4 Å². The standard InChI is InChI=1S/C20H21N3OS/c1-14-5-4-6-17(12-14)22-19(24)13-25-20-21-9-10-23(20)18-8-7-15(2)11-16(18)3/h4-12H,13H2,1-3H3,(H,22,24). The molecule has 0 aliphatic heterocycles. The molecule has 0 saturated carbocycles. The Morgan fingerprint density at radius 3 is 2.68 bits per heavy atom. The summed E-state index contributed by atoms with van der Waals surface area (Å²) >= 11 is 1.43. The van der Waals surface area contributed by atoms with Crippen LogP contribution in [-0.4, -0.2) is 21.2 Å². The van der Waals surface area contributed by atoms with Gasteiger partial charge >= 0.3 is 0 Å². The second kappa shape index (κ2) is 7.57. The maximum atomic E-state index is 12.2. The molecule has 0 saturated heterocycles. The highest BCUT2D eigenvalue weighted by Gasteiger charge is 2.11. The van der Waals surface area contributed by atoms with E-state index in [4.69, 9.17) is 0 Å². The van der Waals surface area contributed by atoms with Gasteiger partial charge in [0.15, 0.2) is 5.16 Å². The number of carbonyl (C=O) groups is 1. The van der Waals surface area contributed by atoms with Gasteiger partial charge in [-0.05, 0) is 50.1 Å². The topological polar surface area (TPSA) is 46.9 Å². The van der Waals surface area contributed by atoms with Crippen LogP contribution in [0.3, 0.4) is 0 Å². The normalized spacial score (nSPS) is 10.7. The maximum absolute atomic E-state index is 12.2. The van der Waals surface area contributed by atoms with Crippen molar-refractivity contribution in [1.82, 2.24) is 9.55 Å². The van der Waals surface area contributed by atoms with Gasteiger partial charge < -0.3 is 5.32 Å². The molecule has 1 aromatic heterocycles. The Morgan fingerprint density at radius 1 is 1.12 bits per heavy atom. The third kappa shape index (κ3) is 4.31. The number of thioether (sulfide) groups is 1. The van der Waals surface area contributed by atoms with Crippen LogP contribution in [0.1, 0.15) is 16.7 Å². The van der Waals surface area contributed by atoms with Crippen molar-refractivity contribution in [2.24, 2.45) is 0 Å². The van der Waals surface area contributed by atoms with Crippen molar-refractivity contribution in [2.75, 3.05) is 11.1 Å². The van der Waals surface area contributed by atoms with Crippen molar-refractivity contribution in [3.05, 3.63) is 71.5 Å². The number of nitrogens with zero attached hydrogens (tertiary/aromatic N) is 2. The molecular formula is C20H21N3OS. The number of imidazole rings is 1. The second-order valence-corrected chi connectivity index (χ2v) is 7.02. The second-order valence-electron chi connectivity index (χ2n) is 6.08. The summed E-state index contributed by atoms with van der Waals surface area (Å²) in [6.45, 7) is 6.17. The van der Waals surface area contributed by atoms with Gasteiger partial charge in [-0.1, -0.05) is 41.6 Å². The fourth-order valence-electron chi connectivity index (χ4n) is 2.71. The van der Waals surface area contributed by atoms with Crippen LogP contribution in [0.4, 0.5) is 5.69 Å². The molecule has 0 unspecified atom stereocenters. The fraction of sp³-hybridized carbons (Fsp3) is 0.200. The SMILES string of the molecule is Cc1cccc(NC(=O)CSc2nccn2-c2ccc(C)cc2C)c1. The number of carbonyl (C=O) groups excluding carboxylic acids is 1. The van der Waals surface area contributed by atoms with Gasteiger partial charge in [-0.2, -0.15) is 0 Å². The van der Waals surface area contributed by atoms with E-state index in [9.17, 15) is 4.79 Å². The number of rotatable bonds is 5. The van der Waals surface area contributed by atoms with Crippen LogP contribution in [0.25, 0.3) is 5.69 Å². The average molecular weight is 351 g/mol. The van der Waals surface area contributed by atoms with Gasteiger partial charge in [-0.3, -0.25) is 9.36 Å². The van der Waals surface area contributed by atoms with E-state index in [0.717, 1.165) is 22.1 Å². The van der Waals surface area contributed by atoms with Crippen molar-refractivity contribution in [1.29, 1.82) is 0 Å². The van der Waals surface area contributed by atoms with Crippen LogP contribution in [-0.2, 0) is 4.79 Å². The molecule has 2 aromatic carbocycles. The van der Waals surface area contributed by atoms with E-state index >= 15 is 0 Å². The highest BCUT2D eigenvalue weighted by Crippen LogP contribution is 2.23. The molecular weight excluding hydrogens is 330 g/mol. The summed E-state index contributed by atoms with van der Waals surface area (Å²) < 4.78 is 2.03. The number of nitrogens with one attached hydrogen (secondary N) is 1. The van der Waals surface area contributed by atoms with E-state index < -0.39 is 0 Å². The third-order valence-electron chi connectivity index (χ3n) is 3.85. The van der Waals surface area contributed by atoms with Gasteiger partial charge in [0.2, 0.25) is 5.91 Å². The van der Waals surface area contributed by atoms with Gasteiger partial charge in [0.25, 0.3) is 0 Å². The Balaban J connectivity index is 1.68. The lowest BCUT2D eigenvalue weighted by Gasteiger charge is -2.11. The minimum absolute atomic E-state index is 0.0363. The number of hydrogen-bond donors (Lipinski definition) is 1. The molecule has 0 fully saturated rings. The van der Waals surface area contributed by atoms with Crippen LogP contribution >= 0.6 is 11.8 Å². The summed E-state index contributed by atoms with van der Waals surface area (Å²) in [5.41, 5.74) is 5.45. The van der Waals surface area contributed by atoms with E-state index in [1.807, 2.05) is 42.0 Å².